The molecule has 5 nitrogen and oxygen atoms in total. The van der Waals surface area contributed by atoms with Gasteiger partial charge in [-0.2, -0.15) is 0 Å². The predicted molar refractivity (Wildman–Crippen MR) is 83.5 cm³/mol. The number of rotatable bonds is 5. The molecule has 0 atom stereocenters. The molecule has 2 aromatic heterocycles. The van der Waals surface area contributed by atoms with Crippen molar-refractivity contribution in [1.29, 1.82) is 0 Å². The lowest BCUT2D eigenvalue weighted by Gasteiger charge is -2.08. The number of carbonyl (C=O) groups is 1. The lowest BCUT2D eigenvalue weighted by molar-refractivity contribution is 0.0950. The van der Waals surface area contributed by atoms with Gasteiger partial charge < -0.3 is 10.1 Å². The van der Waals surface area contributed by atoms with E-state index >= 15 is 0 Å². The highest BCUT2D eigenvalue weighted by molar-refractivity contribution is 9.10. The largest absolute Gasteiger partial charge is 0.478 e. The molecule has 0 saturated carbocycles. The highest BCUT2D eigenvalue weighted by Gasteiger charge is 2.12. The van der Waals surface area contributed by atoms with E-state index in [4.69, 9.17) is 16.3 Å². The van der Waals surface area contributed by atoms with Gasteiger partial charge in [-0.15, -0.1) is 0 Å². The minimum atomic E-state index is -0.288. The SMILES string of the molecule is CCOc1cc(CNC(=O)c2cc(Br)cnc2Cl)ccn1. The number of hydrogen-bond donors (Lipinski definition) is 1. The van der Waals surface area contributed by atoms with Crippen LogP contribution in [0.5, 0.6) is 5.88 Å². The van der Waals surface area contributed by atoms with Gasteiger partial charge in [0.05, 0.1) is 12.2 Å². The summed E-state index contributed by atoms with van der Waals surface area (Å²) in [7, 11) is 0. The summed E-state index contributed by atoms with van der Waals surface area (Å²) < 4.78 is 6.01. The first-order valence-corrected chi connectivity index (χ1v) is 7.44. The molecule has 0 fully saturated rings. The number of amides is 1. The van der Waals surface area contributed by atoms with Crippen LogP contribution in [-0.2, 0) is 6.54 Å². The fourth-order valence-corrected chi connectivity index (χ4v) is 2.17. The number of pyridine rings is 2. The highest BCUT2D eigenvalue weighted by Crippen LogP contribution is 2.18. The molecule has 0 spiro atoms. The third kappa shape index (κ3) is 4.41. The number of nitrogens with zero attached hydrogens (tertiary/aromatic N) is 2. The molecule has 0 bridgehead atoms. The molecule has 0 aliphatic rings. The first-order chi connectivity index (χ1) is 10.1. The van der Waals surface area contributed by atoms with Crippen LogP contribution >= 0.6 is 27.5 Å². The summed E-state index contributed by atoms with van der Waals surface area (Å²) in [5.41, 5.74) is 1.21. The van der Waals surface area contributed by atoms with Gasteiger partial charge in [0.2, 0.25) is 5.88 Å². The van der Waals surface area contributed by atoms with Crippen LogP contribution in [-0.4, -0.2) is 22.5 Å². The maximum atomic E-state index is 12.1. The zero-order chi connectivity index (χ0) is 15.2. The monoisotopic (exact) mass is 369 g/mol. The van der Waals surface area contributed by atoms with Crippen molar-refractivity contribution in [2.75, 3.05) is 6.61 Å². The summed E-state index contributed by atoms with van der Waals surface area (Å²) in [5, 5.41) is 2.95. The topological polar surface area (TPSA) is 64.1 Å². The molecule has 7 heteroatoms. The average Bonchev–Trinajstić information content (AvgIpc) is 2.48. The first-order valence-electron chi connectivity index (χ1n) is 6.27. The van der Waals surface area contributed by atoms with Gasteiger partial charge in [-0.3, -0.25) is 4.79 Å². The standard InChI is InChI=1S/C14H13BrClN3O2/c1-2-21-12-5-9(3-4-17-12)7-19-14(20)11-6-10(15)8-18-13(11)16/h3-6,8H,2,7H2,1H3,(H,19,20). The van der Waals surface area contributed by atoms with E-state index in [1.807, 2.05) is 13.0 Å². The Bertz CT molecular complexity index is 652. The molecule has 0 unspecified atom stereocenters. The Morgan fingerprint density at radius 3 is 3.00 bits per heavy atom. The zero-order valence-corrected chi connectivity index (χ0v) is 13.6. The van der Waals surface area contributed by atoms with Crippen LogP contribution in [0.4, 0.5) is 0 Å². The van der Waals surface area contributed by atoms with Crippen LogP contribution in [0.1, 0.15) is 22.8 Å². The molecule has 0 aliphatic carbocycles. The fraction of sp³-hybridized carbons (Fsp3) is 0.214. The Morgan fingerprint density at radius 1 is 1.43 bits per heavy atom. The summed E-state index contributed by atoms with van der Waals surface area (Å²) in [6, 6.07) is 5.22. The zero-order valence-electron chi connectivity index (χ0n) is 11.3. The summed E-state index contributed by atoms with van der Waals surface area (Å²) in [4.78, 5) is 20.1. The molecule has 0 radical (unpaired) electrons. The molecular formula is C14H13BrClN3O2. The molecule has 2 heterocycles. The van der Waals surface area contributed by atoms with E-state index in [-0.39, 0.29) is 11.1 Å². The fourth-order valence-electron chi connectivity index (χ4n) is 1.65. The number of nitrogens with one attached hydrogen (secondary N) is 1. The molecule has 21 heavy (non-hydrogen) atoms. The van der Waals surface area contributed by atoms with Gasteiger partial charge in [0, 0.05) is 29.5 Å². The second kappa shape index (κ2) is 7.38. The van der Waals surface area contributed by atoms with Gasteiger partial charge in [0.25, 0.3) is 5.91 Å². The van der Waals surface area contributed by atoms with Gasteiger partial charge in [0.15, 0.2) is 0 Å². The minimum absolute atomic E-state index is 0.167. The maximum Gasteiger partial charge on any atom is 0.254 e. The van der Waals surface area contributed by atoms with Gasteiger partial charge in [-0.1, -0.05) is 11.6 Å². The van der Waals surface area contributed by atoms with Crippen LogP contribution in [0.3, 0.4) is 0 Å². The van der Waals surface area contributed by atoms with Crippen molar-refractivity contribution in [2.24, 2.45) is 0 Å². The Morgan fingerprint density at radius 2 is 2.24 bits per heavy atom. The van der Waals surface area contributed by atoms with E-state index in [0.717, 1.165) is 5.56 Å². The summed E-state index contributed by atoms with van der Waals surface area (Å²) in [5.74, 6) is 0.245. The van der Waals surface area contributed by atoms with Crippen LogP contribution in [0.15, 0.2) is 35.1 Å². The van der Waals surface area contributed by atoms with Crippen LogP contribution < -0.4 is 10.1 Å². The quantitative estimate of drug-likeness (QED) is 0.821. The van der Waals surface area contributed by atoms with E-state index in [9.17, 15) is 4.79 Å². The normalized spacial score (nSPS) is 10.2. The summed E-state index contributed by atoms with van der Waals surface area (Å²) in [6.45, 7) is 2.78. The first kappa shape index (κ1) is 15.7. The van der Waals surface area contributed by atoms with Crippen molar-refractivity contribution in [3.8, 4) is 5.88 Å². The Kier molecular flexibility index (Phi) is 5.52. The van der Waals surface area contributed by atoms with Gasteiger partial charge in [-0.25, -0.2) is 9.97 Å². The molecule has 0 aromatic carbocycles. The van der Waals surface area contributed by atoms with Crippen LogP contribution in [0.25, 0.3) is 0 Å². The van der Waals surface area contributed by atoms with Gasteiger partial charge >= 0.3 is 0 Å². The average molecular weight is 371 g/mol. The van der Waals surface area contributed by atoms with Crippen molar-refractivity contribution in [1.82, 2.24) is 15.3 Å². The summed E-state index contributed by atoms with van der Waals surface area (Å²) >= 11 is 9.18. The number of halogens is 2. The molecule has 1 N–H and O–H groups in total. The molecule has 0 saturated heterocycles. The molecule has 1 amide bonds. The number of aromatic nitrogens is 2. The second-order valence-electron chi connectivity index (χ2n) is 4.11. The maximum absolute atomic E-state index is 12.1. The summed E-state index contributed by atoms with van der Waals surface area (Å²) in [6.07, 6.45) is 3.18. The number of ether oxygens (including phenoxy) is 1. The Labute approximate surface area is 135 Å². The van der Waals surface area contributed by atoms with Gasteiger partial charge in [0.1, 0.15) is 5.15 Å². The number of carbonyl (C=O) groups excluding carboxylic acids is 1. The van der Waals surface area contributed by atoms with Crippen molar-refractivity contribution in [3.05, 3.63) is 51.3 Å². The Balaban J connectivity index is 2.04. The van der Waals surface area contributed by atoms with Crippen molar-refractivity contribution in [3.63, 3.8) is 0 Å². The third-order valence-electron chi connectivity index (χ3n) is 2.59. The van der Waals surface area contributed by atoms with Crippen LogP contribution in [0, 0.1) is 0 Å². The Hall–Kier alpha value is -1.66. The molecule has 2 aromatic rings. The minimum Gasteiger partial charge on any atom is -0.478 e. The van der Waals surface area contributed by atoms with Crippen molar-refractivity contribution < 1.29 is 9.53 Å². The van der Waals surface area contributed by atoms with E-state index in [1.165, 1.54) is 6.20 Å². The van der Waals surface area contributed by atoms with Crippen molar-refractivity contribution in [2.45, 2.75) is 13.5 Å². The van der Waals surface area contributed by atoms with Crippen molar-refractivity contribution >= 4 is 33.4 Å². The second-order valence-corrected chi connectivity index (χ2v) is 5.38. The molecular weight excluding hydrogens is 358 g/mol. The smallest absolute Gasteiger partial charge is 0.254 e. The number of hydrogen-bond acceptors (Lipinski definition) is 4. The molecule has 2 rings (SSSR count). The lowest BCUT2D eigenvalue weighted by atomic mass is 10.2. The van der Waals surface area contributed by atoms with Gasteiger partial charge in [-0.05, 0) is 40.5 Å². The molecule has 110 valence electrons. The highest BCUT2D eigenvalue weighted by atomic mass is 79.9. The predicted octanol–water partition coefficient (Wildman–Crippen LogP) is 3.22. The third-order valence-corrected chi connectivity index (χ3v) is 3.33. The van der Waals surface area contributed by atoms with E-state index in [1.54, 1.807) is 18.3 Å². The van der Waals surface area contributed by atoms with E-state index < -0.39 is 0 Å². The van der Waals surface area contributed by atoms with Crippen LogP contribution in [0.2, 0.25) is 5.15 Å². The lowest BCUT2D eigenvalue weighted by Crippen LogP contribution is -2.23. The van der Waals surface area contributed by atoms with E-state index in [2.05, 4.69) is 31.2 Å². The van der Waals surface area contributed by atoms with E-state index in [0.29, 0.717) is 29.1 Å². The molecule has 0 aliphatic heterocycles.